The van der Waals surface area contributed by atoms with Crippen LogP contribution in [0.2, 0.25) is 0 Å². The van der Waals surface area contributed by atoms with E-state index in [1.54, 1.807) is 6.20 Å². The first-order valence-electron chi connectivity index (χ1n) is 5.35. The number of imidazole rings is 1. The molecule has 2 rings (SSSR count). The Kier molecular flexibility index (Phi) is 3.56. The zero-order valence-electron chi connectivity index (χ0n) is 9.50. The third-order valence-corrected chi connectivity index (χ3v) is 3.01. The quantitative estimate of drug-likeness (QED) is 0.874. The molecular weight excluding hydrogens is 268 g/mol. The molecular formula is C11H15BrN4. The highest BCUT2D eigenvalue weighted by Gasteiger charge is 2.08. The summed E-state index contributed by atoms with van der Waals surface area (Å²) in [4.78, 5) is 8.74. The fourth-order valence-corrected chi connectivity index (χ4v) is 2.11. The summed E-state index contributed by atoms with van der Waals surface area (Å²) in [6.45, 7) is 4.01. The van der Waals surface area contributed by atoms with Crippen LogP contribution in [-0.4, -0.2) is 28.1 Å². The summed E-state index contributed by atoms with van der Waals surface area (Å²) in [7, 11) is 1.97. The van der Waals surface area contributed by atoms with Gasteiger partial charge in [0, 0.05) is 17.2 Å². The lowest BCUT2D eigenvalue weighted by atomic mass is 10.4. The Morgan fingerprint density at radius 2 is 2.31 bits per heavy atom. The SMILES string of the molecule is CNCCCn1c(C)nc2ncc(Br)cc21. The number of pyridine rings is 1. The summed E-state index contributed by atoms with van der Waals surface area (Å²) in [5.41, 5.74) is 1.92. The van der Waals surface area contributed by atoms with E-state index >= 15 is 0 Å². The van der Waals surface area contributed by atoms with E-state index in [9.17, 15) is 0 Å². The van der Waals surface area contributed by atoms with Gasteiger partial charge in [0.25, 0.3) is 0 Å². The van der Waals surface area contributed by atoms with E-state index in [0.717, 1.165) is 41.0 Å². The molecule has 16 heavy (non-hydrogen) atoms. The van der Waals surface area contributed by atoms with Crippen LogP contribution in [0, 0.1) is 6.92 Å². The van der Waals surface area contributed by atoms with Gasteiger partial charge in [0.15, 0.2) is 5.65 Å². The summed E-state index contributed by atoms with van der Waals surface area (Å²) in [6.07, 6.45) is 2.88. The van der Waals surface area contributed by atoms with Gasteiger partial charge >= 0.3 is 0 Å². The maximum Gasteiger partial charge on any atom is 0.177 e. The molecule has 2 aromatic heterocycles. The minimum atomic E-state index is 0.824. The standard InChI is InChI=1S/C11H15BrN4/c1-8-15-11-10(6-9(12)7-14-11)16(8)5-3-4-13-2/h6-7,13H,3-5H2,1-2H3. The molecule has 86 valence electrons. The van der Waals surface area contributed by atoms with Gasteiger partial charge in [0.1, 0.15) is 5.82 Å². The summed E-state index contributed by atoms with van der Waals surface area (Å²) >= 11 is 3.44. The van der Waals surface area contributed by atoms with Crippen LogP contribution in [0.15, 0.2) is 16.7 Å². The first-order valence-corrected chi connectivity index (χ1v) is 6.14. The number of halogens is 1. The molecule has 4 nitrogen and oxygen atoms in total. The van der Waals surface area contributed by atoms with E-state index in [1.807, 2.05) is 14.0 Å². The van der Waals surface area contributed by atoms with E-state index < -0.39 is 0 Å². The van der Waals surface area contributed by atoms with Crippen molar-refractivity contribution in [1.29, 1.82) is 0 Å². The Balaban J connectivity index is 2.34. The van der Waals surface area contributed by atoms with Crippen LogP contribution in [0.3, 0.4) is 0 Å². The molecule has 0 fully saturated rings. The van der Waals surface area contributed by atoms with Crippen LogP contribution in [0.5, 0.6) is 0 Å². The Morgan fingerprint density at radius 1 is 1.50 bits per heavy atom. The van der Waals surface area contributed by atoms with Gasteiger partial charge in [0.2, 0.25) is 0 Å². The number of hydrogen-bond acceptors (Lipinski definition) is 3. The molecule has 0 spiro atoms. The van der Waals surface area contributed by atoms with Crippen molar-refractivity contribution in [2.24, 2.45) is 0 Å². The molecule has 0 aromatic carbocycles. The lowest BCUT2D eigenvalue weighted by Gasteiger charge is -2.06. The highest BCUT2D eigenvalue weighted by Crippen LogP contribution is 2.18. The lowest BCUT2D eigenvalue weighted by Crippen LogP contribution is -2.11. The zero-order chi connectivity index (χ0) is 11.5. The zero-order valence-corrected chi connectivity index (χ0v) is 11.1. The Bertz CT molecular complexity index is 492. The van der Waals surface area contributed by atoms with E-state index in [2.05, 4.69) is 41.8 Å². The minimum absolute atomic E-state index is 0.824. The monoisotopic (exact) mass is 282 g/mol. The third-order valence-electron chi connectivity index (χ3n) is 2.57. The van der Waals surface area contributed by atoms with Crippen molar-refractivity contribution in [1.82, 2.24) is 19.9 Å². The summed E-state index contributed by atoms with van der Waals surface area (Å²) < 4.78 is 3.21. The average Bonchev–Trinajstić information content (AvgIpc) is 2.56. The largest absolute Gasteiger partial charge is 0.327 e. The minimum Gasteiger partial charge on any atom is -0.327 e. The number of nitrogens with zero attached hydrogens (tertiary/aromatic N) is 3. The van der Waals surface area contributed by atoms with Crippen molar-refractivity contribution in [2.45, 2.75) is 19.9 Å². The third kappa shape index (κ3) is 2.25. The van der Waals surface area contributed by atoms with Gasteiger partial charge in [-0.05, 0) is 48.9 Å². The molecule has 0 saturated heterocycles. The van der Waals surface area contributed by atoms with Crippen LogP contribution in [0.4, 0.5) is 0 Å². The van der Waals surface area contributed by atoms with E-state index in [4.69, 9.17) is 0 Å². The highest BCUT2D eigenvalue weighted by molar-refractivity contribution is 9.10. The fraction of sp³-hybridized carbons (Fsp3) is 0.455. The number of rotatable bonds is 4. The number of aromatic nitrogens is 3. The van der Waals surface area contributed by atoms with Crippen LogP contribution in [0.1, 0.15) is 12.2 Å². The second-order valence-electron chi connectivity index (χ2n) is 3.76. The average molecular weight is 283 g/mol. The van der Waals surface area contributed by atoms with E-state index in [-0.39, 0.29) is 0 Å². The Labute approximate surface area is 103 Å². The maximum atomic E-state index is 4.44. The maximum absolute atomic E-state index is 4.44. The Morgan fingerprint density at radius 3 is 3.06 bits per heavy atom. The second kappa shape index (κ2) is 4.93. The van der Waals surface area contributed by atoms with Gasteiger partial charge in [-0.3, -0.25) is 0 Å². The predicted molar refractivity (Wildman–Crippen MR) is 68.5 cm³/mol. The molecule has 0 aliphatic carbocycles. The lowest BCUT2D eigenvalue weighted by molar-refractivity contribution is 0.612. The first kappa shape index (κ1) is 11.5. The normalized spacial score (nSPS) is 11.2. The molecule has 5 heteroatoms. The fourth-order valence-electron chi connectivity index (χ4n) is 1.79. The molecule has 2 aromatic rings. The number of aryl methyl sites for hydroxylation is 2. The van der Waals surface area contributed by atoms with Gasteiger partial charge < -0.3 is 9.88 Å². The molecule has 0 radical (unpaired) electrons. The Hall–Kier alpha value is -0.940. The van der Waals surface area contributed by atoms with Crippen LogP contribution < -0.4 is 5.32 Å². The van der Waals surface area contributed by atoms with Crippen molar-refractivity contribution >= 4 is 27.1 Å². The van der Waals surface area contributed by atoms with Crippen molar-refractivity contribution in [3.05, 3.63) is 22.6 Å². The number of fused-ring (bicyclic) bond motifs is 1. The molecule has 0 unspecified atom stereocenters. The topological polar surface area (TPSA) is 42.7 Å². The first-order chi connectivity index (χ1) is 7.72. The van der Waals surface area contributed by atoms with Crippen molar-refractivity contribution in [3.63, 3.8) is 0 Å². The van der Waals surface area contributed by atoms with Crippen molar-refractivity contribution in [2.75, 3.05) is 13.6 Å². The molecule has 0 aliphatic heterocycles. The van der Waals surface area contributed by atoms with Crippen molar-refractivity contribution in [3.8, 4) is 0 Å². The van der Waals surface area contributed by atoms with E-state index in [0.29, 0.717) is 0 Å². The number of nitrogens with one attached hydrogen (secondary N) is 1. The van der Waals surface area contributed by atoms with Crippen LogP contribution >= 0.6 is 15.9 Å². The smallest absolute Gasteiger partial charge is 0.177 e. The molecule has 2 heterocycles. The van der Waals surface area contributed by atoms with Gasteiger partial charge in [-0.2, -0.15) is 0 Å². The van der Waals surface area contributed by atoms with Crippen LogP contribution in [0.25, 0.3) is 11.2 Å². The molecule has 0 aliphatic rings. The molecule has 0 amide bonds. The highest BCUT2D eigenvalue weighted by atomic mass is 79.9. The molecule has 1 N–H and O–H groups in total. The van der Waals surface area contributed by atoms with Crippen molar-refractivity contribution < 1.29 is 0 Å². The second-order valence-corrected chi connectivity index (χ2v) is 4.68. The van der Waals surface area contributed by atoms with Gasteiger partial charge in [0.05, 0.1) is 5.52 Å². The molecule has 0 bridgehead atoms. The number of hydrogen-bond donors (Lipinski definition) is 1. The summed E-state index contributed by atoms with van der Waals surface area (Å²) in [6, 6.07) is 2.07. The van der Waals surface area contributed by atoms with Crippen LogP contribution in [-0.2, 0) is 6.54 Å². The predicted octanol–water partition coefficient (Wildman–Crippen LogP) is 2.11. The molecule has 0 atom stereocenters. The van der Waals surface area contributed by atoms with Gasteiger partial charge in [-0.15, -0.1) is 0 Å². The molecule has 0 saturated carbocycles. The van der Waals surface area contributed by atoms with Gasteiger partial charge in [-0.1, -0.05) is 0 Å². The van der Waals surface area contributed by atoms with E-state index in [1.165, 1.54) is 0 Å². The summed E-state index contributed by atoms with van der Waals surface area (Å²) in [5, 5.41) is 3.15. The summed E-state index contributed by atoms with van der Waals surface area (Å²) in [5.74, 6) is 1.02. The van der Waals surface area contributed by atoms with Gasteiger partial charge in [-0.25, -0.2) is 9.97 Å².